The molecule has 0 radical (unpaired) electrons. The van der Waals surface area contributed by atoms with E-state index in [4.69, 9.17) is 0 Å². The molecule has 0 unspecified atom stereocenters. The average Bonchev–Trinajstić information content (AvgIpc) is 1.69. The summed E-state index contributed by atoms with van der Waals surface area (Å²) in [6, 6.07) is 0. The molecular formula is C5H8O2. The Balaban J connectivity index is 2.68. The summed E-state index contributed by atoms with van der Waals surface area (Å²) < 4.78 is 0. The van der Waals surface area contributed by atoms with Crippen LogP contribution in [0.2, 0.25) is 0 Å². The molecule has 0 bridgehead atoms. The summed E-state index contributed by atoms with van der Waals surface area (Å²) in [5.41, 5.74) is 0. The van der Waals surface area contributed by atoms with E-state index in [1.54, 1.807) is 6.08 Å². The van der Waals surface area contributed by atoms with Gasteiger partial charge in [-0.2, -0.15) is 4.89 Å². The van der Waals surface area contributed by atoms with Crippen LogP contribution in [0.4, 0.5) is 0 Å². The van der Waals surface area contributed by atoms with Crippen molar-refractivity contribution in [2.75, 3.05) is 6.61 Å². The maximum absolute atomic E-state index is 4.40. The fraction of sp³-hybridized carbons (Fsp3) is 0.200. The van der Waals surface area contributed by atoms with Gasteiger partial charge in [-0.15, -0.1) is 6.58 Å². The van der Waals surface area contributed by atoms with Crippen molar-refractivity contribution in [3.63, 3.8) is 0 Å². The quantitative estimate of drug-likeness (QED) is 0.174. The van der Waals surface area contributed by atoms with Crippen LogP contribution in [0.15, 0.2) is 25.5 Å². The first-order chi connectivity index (χ1) is 3.41. The summed E-state index contributed by atoms with van der Waals surface area (Å²) in [7, 11) is 0. The van der Waals surface area contributed by atoms with Crippen LogP contribution < -0.4 is 0 Å². The predicted molar refractivity (Wildman–Crippen MR) is 27.4 cm³/mol. The molecule has 0 N–H and O–H groups in total. The molecule has 40 valence electrons. The third-order valence-electron chi connectivity index (χ3n) is 0.322. The van der Waals surface area contributed by atoms with Crippen LogP contribution in [0.3, 0.4) is 0 Å². The first kappa shape index (κ1) is 6.24. The predicted octanol–water partition coefficient (Wildman–Crippen LogP) is 1.26. The van der Waals surface area contributed by atoms with Crippen molar-refractivity contribution in [1.29, 1.82) is 0 Å². The first-order valence-electron chi connectivity index (χ1n) is 1.92. The average molecular weight is 100 g/mol. The zero-order valence-corrected chi connectivity index (χ0v) is 4.09. The summed E-state index contributed by atoms with van der Waals surface area (Å²) in [5, 5.41) is 0. The molecule has 0 rings (SSSR count). The van der Waals surface area contributed by atoms with Crippen molar-refractivity contribution in [3.05, 3.63) is 25.5 Å². The van der Waals surface area contributed by atoms with Gasteiger partial charge < -0.3 is 4.89 Å². The van der Waals surface area contributed by atoms with E-state index in [1.807, 2.05) is 0 Å². The van der Waals surface area contributed by atoms with Crippen LogP contribution in [0, 0.1) is 0 Å². The minimum absolute atomic E-state index is 0.395. The second-order valence-electron chi connectivity index (χ2n) is 0.836. The Labute approximate surface area is 43.0 Å². The van der Waals surface area contributed by atoms with Crippen molar-refractivity contribution in [3.8, 4) is 0 Å². The highest BCUT2D eigenvalue weighted by Gasteiger charge is 1.70. The van der Waals surface area contributed by atoms with Crippen molar-refractivity contribution in [2.45, 2.75) is 0 Å². The summed E-state index contributed by atoms with van der Waals surface area (Å²) in [4.78, 5) is 8.66. The van der Waals surface area contributed by atoms with Crippen LogP contribution in [-0.4, -0.2) is 6.61 Å². The van der Waals surface area contributed by atoms with Crippen LogP contribution in [0.1, 0.15) is 0 Å². The van der Waals surface area contributed by atoms with Gasteiger partial charge in [-0.25, -0.2) is 0 Å². The zero-order valence-electron chi connectivity index (χ0n) is 4.09. The van der Waals surface area contributed by atoms with E-state index in [-0.39, 0.29) is 0 Å². The lowest BCUT2D eigenvalue weighted by Gasteiger charge is -1.91. The smallest absolute Gasteiger partial charge is 0.122 e. The molecule has 0 saturated carbocycles. The second kappa shape index (κ2) is 5.24. The second-order valence-corrected chi connectivity index (χ2v) is 0.836. The van der Waals surface area contributed by atoms with Crippen molar-refractivity contribution < 1.29 is 9.78 Å². The topological polar surface area (TPSA) is 18.5 Å². The Morgan fingerprint density at radius 2 is 2.14 bits per heavy atom. The van der Waals surface area contributed by atoms with Gasteiger partial charge in [0.15, 0.2) is 0 Å². The lowest BCUT2D eigenvalue weighted by Crippen LogP contribution is -1.84. The molecule has 0 spiro atoms. The lowest BCUT2D eigenvalue weighted by molar-refractivity contribution is -0.238. The molecule has 0 aromatic carbocycles. The largest absolute Gasteiger partial charge is 0.346 e. The fourth-order valence-corrected chi connectivity index (χ4v) is 0.136. The van der Waals surface area contributed by atoms with Crippen LogP contribution in [0.5, 0.6) is 0 Å². The Hall–Kier alpha value is -0.760. The molecule has 0 heterocycles. The lowest BCUT2D eigenvalue weighted by atomic mass is 10.7. The van der Waals surface area contributed by atoms with Gasteiger partial charge in [-0.3, -0.25) is 0 Å². The molecule has 0 atom stereocenters. The van der Waals surface area contributed by atoms with Gasteiger partial charge in [-0.05, 0) is 0 Å². The Morgan fingerprint density at radius 3 is 2.57 bits per heavy atom. The molecule has 0 amide bonds. The van der Waals surface area contributed by atoms with E-state index < -0.39 is 0 Å². The zero-order chi connectivity index (χ0) is 5.54. The number of rotatable bonds is 4. The highest BCUT2D eigenvalue weighted by Crippen LogP contribution is 1.75. The van der Waals surface area contributed by atoms with E-state index in [0.29, 0.717) is 6.61 Å². The Kier molecular flexibility index (Phi) is 4.67. The molecule has 0 aliphatic heterocycles. The third-order valence-corrected chi connectivity index (χ3v) is 0.322. The van der Waals surface area contributed by atoms with Crippen LogP contribution in [-0.2, 0) is 9.78 Å². The fourth-order valence-electron chi connectivity index (χ4n) is 0.136. The molecule has 0 aliphatic carbocycles. The molecule has 0 fully saturated rings. The maximum Gasteiger partial charge on any atom is 0.122 e. The summed E-state index contributed by atoms with van der Waals surface area (Å²) >= 11 is 0. The van der Waals surface area contributed by atoms with Crippen molar-refractivity contribution >= 4 is 0 Å². The summed E-state index contributed by atoms with van der Waals surface area (Å²) in [5.74, 6) is 0. The van der Waals surface area contributed by atoms with Gasteiger partial charge in [0, 0.05) is 0 Å². The number of hydrogen-bond donors (Lipinski definition) is 0. The normalized spacial score (nSPS) is 7.43. The first-order valence-corrected chi connectivity index (χ1v) is 1.92. The highest BCUT2D eigenvalue weighted by molar-refractivity contribution is 4.62. The van der Waals surface area contributed by atoms with Crippen LogP contribution >= 0.6 is 0 Å². The molecular weight excluding hydrogens is 92.1 g/mol. The molecule has 2 heteroatoms. The molecule has 0 aliphatic rings. The van der Waals surface area contributed by atoms with Gasteiger partial charge in [0.1, 0.15) is 12.9 Å². The highest BCUT2D eigenvalue weighted by atomic mass is 17.2. The Bertz CT molecular complexity index is 51.1. The van der Waals surface area contributed by atoms with Gasteiger partial charge in [0.25, 0.3) is 0 Å². The maximum atomic E-state index is 4.40. The summed E-state index contributed by atoms with van der Waals surface area (Å²) in [6.45, 7) is 7.04. The monoisotopic (exact) mass is 100 g/mol. The molecule has 2 nitrogen and oxygen atoms in total. The van der Waals surface area contributed by atoms with E-state index >= 15 is 0 Å². The van der Waals surface area contributed by atoms with Gasteiger partial charge in [-0.1, -0.05) is 12.7 Å². The SMILES string of the molecule is C=CCOOC=C. The van der Waals surface area contributed by atoms with E-state index in [0.717, 1.165) is 0 Å². The molecule has 0 saturated heterocycles. The van der Waals surface area contributed by atoms with Crippen molar-refractivity contribution in [2.24, 2.45) is 0 Å². The molecule has 0 aromatic heterocycles. The van der Waals surface area contributed by atoms with E-state index in [2.05, 4.69) is 22.9 Å². The van der Waals surface area contributed by atoms with Crippen LogP contribution in [0.25, 0.3) is 0 Å². The molecule has 7 heavy (non-hydrogen) atoms. The van der Waals surface area contributed by atoms with Gasteiger partial charge in [0.05, 0.1) is 0 Å². The Morgan fingerprint density at radius 1 is 1.43 bits per heavy atom. The van der Waals surface area contributed by atoms with Crippen molar-refractivity contribution in [1.82, 2.24) is 0 Å². The van der Waals surface area contributed by atoms with E-state index in [9.17, 15) is 0 Å². The number of hydrogen-bond acceptors (Lipinski definition) is 2. The minimum Gasteiger partial charge on any atom is -0.346 e. The standard InChI is InChI=1S/C5H8O2/c1-3-5-7-6-4-2/h3-4H,1-2,5H2. The van der Waals surface area contributed by atoms with Gasteiger partial charge in [0.2, 0.25) is 0 Å². The third kappa shape index (κ3) is 5.24. The van der Waals surface area contributed by atoms with Gasteiger partial charge >= 0.3 is 0 Å². The molecule has 0 aromatic rings. The summed E-state index contributed by atoms with van der Waals surface area (Å²) in [6.07, 6.45) is 2.80. The van der Waals surface area contributed by atoms with E-state index in [1.165, 1.54) is 6.26 Å². The minimum atomic E-state index is 0.395.